The molecule has 1 aliphatic carbocycles. The Bertz CT molecular complexity index is 521. The Morgan fingerprint density at radius 3 is 2.79 bits per heavy atom. The zero-order valence-electron chi connectivity index (χ0n) is 11.2. The van der Waals surface area contributed by atoms with Gasteiger partial charge in [0.1, 0.15) is 0 Å². The number of aryl methyl sites for hydroxylation is 1. The van der Waals surface area contributed by atoms with E-state index in [1.54, 1.807) is 0 Å². The minimum Gasteiger partial charge on any atom is -0.352 e. The monoisotopic (exact) mass is 253 g/mol. The number of amides is 1. The van der Waals surface area contributed by atoms with Crippen LogP contribution in [0.25, 0.3) is 0 Å². The van der Waals surface area contributed by atoms with Gasteiger partial charge in [-0.05, 0) is 31.4 Å². The molecular formula is C17H19NO. The predicted molar refractivity (Wildman–Crippen MR) is 78.9 cm³/mol. The lowest BCUT2D eigenvalue weighted by atomic mass is 10.1. The van der Waals surface area contributed by atoms with Crippen LogP contribution in [-0.2, 0) is 11.2 Å². The van der Waals surface area contributed by atoms with Gasteiger partial charge in [-0.1, -0.05) is 54.1 Å². The standard InChI is InChI=1S/C17H19NO/c1-14-8-10-15(11-9-14)12-13-18-17(19)16-6-4-2-3-5-7-16/h2,4-11H,3,12-13H2,1H3,(H,18,19). The van der Waals surface area contributed by atoms with Crippen molar-refractivity contribution < 1.29 is 4.79 Å². The van der Waals surface area contributed by atoms with Gasteiger partial charge in [-0.25, -0.2) is 0 Å². The van der Waals surface area contributed by atoms with E-state index in [9.17, 15) is 4.79 Å². The number of benzene rings is 1. The molecule has 1 aromatic rings. The van der Waals surface area contributed by atoms with Gasteiger partial charge in [0.15, 0.2) is 0 Å². The number of hydrogen-bond acceptors (Lipinski definition) is 1. The number of carbonyl (C=O) groups is 1. The fourth-order valence-electron chi connectivity index (χ4n) is 1.91. The summed E-state index contributed by atoms with van der Waals surface area (Å²) in [5, 5.41) is 2.95. The number of rotatable bonds is 4. The minimum absolute atomic E-state index is 0.00471. The van der Waals surface area contributed by atoms with Crippen molar-refractivity contribution in [2.75, 3.05) is 6.54 Å². The molecule has 1 aliphatic rings. The number of hydrogen-bond donors (Lipinski definition) is 1. The van der Waals surface area contributed by atoms with Crippen LogP contribution in [0.3, 0.4) is 0 Å². The molecule has 0 aromatic heterocycles. The van der Waals surface area contributed by atoms with Crippen molar-refractivity contribution in [2.24, 2.45) is 0 Å². The topological polar surface area (TPSA) is 29.1 Å². The molecular weight excluding hydrogens is 234 g/mol. The second-order valence-electron chi connectivity index (χ2n) is 4.68. The molecule has 1 amide bonds. The Balaban J connectivity index is 1.82. The number of carbonyl (C=O) groups excluding carboxylic acids is 1. The summed E-state index contributed by atoms with van der Waals surface area (Å²) in [5.74, 6) is -0.00471. The first-order valence-electron chi connectivity index (χ1n) is 6.63. The van der Waals surface area contributed by atoms with Gasteiger partial charge in [-0.3, -0.25) is 4.79 Å². The first kappa shape index (κ1) is 13.3. The van der Waals surface area contributed by atoms with Crippen LogP contribution < -0.4 is 5.32 Å². The fourth-order valence-corrected chi connectivity index (χ4v) is 1.91. The van der Waals surface area contributed by atoms with Crippen molar-refractivity contribution in [1.29, 1.82) is 0 Å². The summed E-state index contributed by atoms with van der Waals surface area (Å²) < 4.78 is 0. The van der Waals surface area contributed by atoms with Crippen LogP contribution in [0.15, 0.2) is 60.2 Å². The summed E-state index contributed by atoms with van der Waals surface area (Å²) in [5.41, 5.74) is 3.22. The Kier molecular flexibility index (Phi) is 4.73. The summed E-state index contributed by atoms with van der Waals surface area (Å²) in [4.78, 5) is 11.9. The molecule has 0 saturated carbocycles. The molecule has 0 heterocycles. The molecule has 0 saturated heterocycles. The highest BCUT2D eigenvalue weighted by atomic mass is 16.1. The third-order valence-electron chi connectivity index (χ3n) is 3.06. The third-order valence-corrected chi connectivity index (χ3v) is 3.06. The van der Waals surface area contributed by atoms with Gasteiger partial charge in [0, 0.05) is 12.1 Å². The van der Waals surface area contributed by atoms with E-state index in [1.165, 1.54) is 11.1 Å². The van der Waals surface area contributed by atoms with Crippen LogP contribution in [0.5, 0.6) is 0 Å². The molecule has 2 rings (SSSR count). The van der Waals surface area contributed by atoms with Gasteiger partial charge < -0.3 is 5.32 Å². The molecule has 98 valence electrons. The van der Waals surface area contributed by atoms with Gasteiger partial charge in [-0.15, -0.1) is 0 Å². The first-order valence-corrected chi connectivity index (χ1v) is 6.63. The van der Waals surface area contributed by atoms with Crippen LogP contribution in [0.1, 0.15) is 17.5 Å². The lowest BCUT2D eigenvalue weighted by Crippen LogP contribution is -2.26. The third kappa shape index (κ3) is 4.25. The van der Waals surface area contributed by atoms with E-state index in [4.69, 9.17) is 0 Å². The highest BCUT2D eigenvalue weighted by Gasteiger charge is 2.05. The normalized spacial score (nSPS) is 13.8. The lowest BCUT2D eigenvalue weighted by molar-refractivity contribution is -0.117. The van der Waals surface area contributed by atoms with Crippen LogP contribution in [0.4, 0.5) is 0 Å². The van der Waals surface area contributed by atoms with E-state index < -0.39 is 0 Å². The van der Waals surface area contributed by atoms with Gasteiger partial charge in [0.05, 0.1) is 0 Å². The largest absolute Gasteiger partial charge is 0.352 e. The van der Waals surface area contributed by atoms with E-state index in [2.05, 4.69) is 36.5 Å². The molecule has 0 fully saturated rings. The maximum Gasteiger partial charge on any atom is 0.251 e. The fraction of sp³-hybridized carbons (Fsp3) is 0.235. The smallest absolute Gasteiger partial charge is 0.251 e. The minimum atomic E-state index is -0.00471. The molecule has 0 spiro atoms. The highest BCUT2D eigenvalue weighted by Crippen LogP contribution is 2.05. The lowest BCUT2D eigenvalue weighted by Gasteiger charge is -2.06. The maximum absolute atomic E-state index is 11.9. The van der Waals surface area contributed by atoms with E-state index in [-0.39, 0.29) is 5.91 Å². The molecule has 1 N–H and O–H groups in total. The van der Waals surface area contributed by atoms with E-state index >= 15 is 0 Å². The molecule has 1 aromatic carbocycles. The zero-order valence-corrected chi connectivity index (χ0v) is 11.2. The summed E-state index contributed by atoms with van der Waals surface area (Å²) in [7, 11) is 0. The van der Waals surface area contributed by atoms with Gasteiger partial charge in [0.2, 0.25) is 0 Å². The molecule has 0 radical (unpaired) electrons. The molecule has 2 nitrogen and oxygen atoms in total. The average molecular weight is 253 g/mol. The van der Waals surface area contributed by atoms with Gasteiger partial charge in [0.25, 0.3) is 5.91 Å². The second-order valence-corrected chi connectivity index (χ2v) is 4.68. The van der Waals surface area contributed by atoms with E-state index in [0.717, 1.165) is 18.4 Å². The van der Waals surface area contributed by atoms with Crippen LogP contribution in [0.2, 0.25) is 0 Å². The highest BCUT2D eigenvalue weighted by molar-refractivity contribution is 5.96. The molecule has 0 bridgehead atoms. The second kappa shape index (κ2) is 6.74. The zero-order chi connectivity index (χ0) is 13.5. The molecule has 0 atom stereocenters. The van der Waals surface area contributed by atoms with Gasteiger partial charge >= 0.3 is 0 Å². The summed E-state index contributed by atoms with van der Waals surface area (Å²) in [6.45, 7) is 2.74. The Morgan fingerprint density at radius 2 is 2.00 bits per heavy atom. The molecule has 2 heteroatoms. The maximum atomic E-state index is 11.9. The SMILES string of the molecule is Cc1ccc(CCNC(=O)C2=CC=CCC=C2)cc1. The quantitative estimate of drug-likeness (QED) is 0.877. The van der Waals surface area contributed by atoms with Crippen LogP contribution in [-0.4, -0.2) is 12.5 Å². The Labute approximate surface area is 114 Å². The van der Waals surface area contributed by atoms with Crippen molar-refractivity contribution in [2.45, 2.75) is 19.8 Å². The van der Waals surface area contributed by atoms with Crippen molar-refractivity contribution in [1.82, 2.24) is 5.32 Å². The molecule has 0 aliphatic heterocycles. The van der Waals surface area contributed by atoms with E-state index in [1.807, 2.05) is 30.4 Å². The van der Waals surface area contributed by atoms with E-state index in [0.29, 0.717) is 6.54 Å². The number of nitrogens with one attached hydrogen (secondary N) is 1. The van der Waals surface area contributed by atoms with Gasteiger partial charge in [-0.2, -0.15) is 0 Å². The van der Waals surface area contributed by atoms with Crippen molar-refractivity contribution >= 4 is 5.91 Å². The summed E-state index contributed by atoms with van der Waals surface area (Å²) in [6, 6.07) is 8.40. The first-order chi connectivity index (χ1) is 9.25. The van der Waals surface area contributed by atoms with Crippen molar-refractivity contribution in [3.05, 3.63) is 71.3 Å². The van der Waals surface area contributed by atoms with Crippen LogP contribution >= 0.6 is 0 Å². The van der Waals surface area contributed by atoms with Crippen molar-refractivity contribution in [3.8, 4) is 0 Å². The summed E-state index contributed by atoms with van der Waals surface area (Å²) in [6.07, 6.45) is 11.4. The molecule has 19 heavy (non-hydrogen) atoms. The summed E-state index contributed by atoms with van der Waals surface area (Å²) >= 11 is 0. The van der Waals surface area contributed by atoms with Crippen molar-refractivity contribution in [3.63, 3.8) is 0 Å². The average Bonchev–Trinajstić information content (AvgIpc) is 2.70. The predicted octanol–water partition coefficient (Wildman–Crippen LogP) is 3.10. The Hall–Kier alpha value is -2.09. The number of allylic oxidation sites excluding steroid dienone is 4. The molecule has 0 unspecified atom stereocenters. The van der Waals surface area contributed by atoms with Crippen LogP contribution in [0, 0.1) is 6.92 Å². The Morgan fingerprint density at radius 1 is 1.21 bits per heavy atom.